The Morgan fingerprint density at radius 3 is 2.71 bits per heavy atom. The van der Waals surface area contributed by atoms with Gasteiger partial charge in [-0.3, -0.25) is 4.90 Å². The molecule has 2 aromatic rings. The van der Waals surface area contributed by atoms with Crippen molar-refractivity contribution in [3.8, 4) is 0 Å². The minimum Gasteiger partial charge on any atom is -0.368 e. The molecule has 1 N–H and O–H groups in total. The molecule has 0 aliphatic carbocycles. The summed E-state index contributed by atoms with van der Waals surface area (Å²) >= 11 is 0. The van der Waals surface area contributed by atoms with Crippen molar-refractivity contribution in [1.29, 1.82) is 0 Å². The number of hydrogen-bond donors (Lipinski definition) is 1. The van der Waals surface area contributed by atoms with Gasteiger partial charge in [0.15, 0.2) is 0 Å². The van der Waals surface area contributed by atoms with Crippen molar-refractivity contribution in [3.63, 3.8) is 0 Å². The number of benzene rings is 1. The summed E-state index contributed by atoms with van der Waals surface area (Å²) < 4.78 is 0. The summed E-state index contributed by atoms with van der Waals surface area (Å²) in [5.41, 5.74) is 2.74. The van der Waals surface area contributed by atoms with Crippen LogP contribution in [0.3, 0.4) is 0 Å². The molecule has 1 aromatic heterocycles. The van der Waals surface area contributed by atoms with E-state index < -0.39 is 0 Å². The van der Waals surface area contributed by atoms with Crippen LogP contribution in [0, 0.1) is 0 Å². The van der Waals surface area contributed by atoms with E-state index in [2.05, 4.69) is 77.7 Å². The van der Waals surface area contributed by atoms with Gasteiger partial charge in [0.25, 0.3) is 0 Å². The first-order valence-electron chi connectivity index (χ1n) is 9.26. The van der Waals surface area contributed by atoms with E-state index >= 15 is 0 Å². The summed E-state index contributed by atoms with van der Waals surface area (Å²) in [6.07, 6.45) is 7.01. The number of likely N-dealkylation sites (tertiary alicyclic amines) is 1. The highest BCUT2D eigenvalue weighted by atomic mass is 15.2. The Hall–Kier alpha value is -1.87. The lowest BCUT2D eigenvalue weighted by atomic mass is 9.95. The molecular formula is C21H29N3. The van der Waals surface area contributed by atoms with Crippen LogP contribution in [0.25, 0.3) is 0 Å². The third-order valence-electron chi connectivity index (χ3n) is 5.02. The van der Waals surface area contributed by atoms with Crippen LogP contribution in [0.4, 0.5) is 5.82 Å². The monoisotopic (exact) mass is 323 g/mol. The molecule has 24 heavy (non-hydrogen) atoms. The molecule has 0 spiro atoms. The quantitative estimate of drug-likeness (QED) is 0.809. The molecule has 1 aromatic carbocycles. The number of rotatable bonds is 6. The number of aromatic nitrogens is 1. The second-order valence-electron chi connectivity index (χ2n) is 6.90. The van der Waals surface area contributed by atoms with Crippen LogP contribution in [0.5, 0.6) is 0 Å². The number of nitrogens with one attached hydrogen (secondary N) is 1. The first-order chi connectivity index (χ1) is 11.8. The number of anilines is 1. The molecule has 1 saturated heterocycles. The first-order valence-corrected chi connectivity index (χ1v) is 9.26. The summed E-state index contributed by atoms with van der Waals surface area (Å²) in [6, 6.07) is 16.1. The predicted molar refractivity (Wildman–Crippen MR) is 101 cm³/mol. The smallest absolute Gasteiger partial charge is 0.126 e. The summed E-state index contributed by atoms with van der Waals surface area (Å²) in [4.78, 5) is 7.25. The highest BCUT2D eigenvalue weighted by Crippen LogP contribution is 2.32. The van der Waals surface area contributed by atoms with Crippen LogP contribution >= 0.6 is 0 Å². The standard InChI is InChI=1S/C21H29N3/c1-3-17(2)23-21-13-12-19(15-22-21)20-11-7-8-14-24(20)16-18-9-5-4-6-10-18/h4-6,9-10,12-13,15,17,20H,3,7-8,11,14,16H2,1-2H3,(H,22,23)/t17-,20+/m0/s1. The average Bonchev–Trinajstić information content (AvgIpc) is 2.64. The third kappa shape index (κ3) is 4.35. The van der Waals surface area contributed by atoms with Gasteiger partial charge in [0.2, 0.25) is 0 Å². The van der Waals surface area contributed by atoms with Gasteiger partial charge in [-0.2, -0.15) is 0 Å². The van der Waals surface area contributed by atoms with Crippen LogP contribution in [0.15, 0.2) is 48.7 Å². The average molecular weight is 323 g/mol. The minimum atomic E-state index is 0.465. The van der Waals surface area contributed by atoms with Gasteiger partial charge >= 0.3 is 0 Å². The summed E-state index contributed by atoms with van der Waals surface area (Å²) in [5, 5.41) is 3.45. The lowest BCUT2D eigenvalue weighted by Crippen LogP contribution is -2.33. The molecule has 2 heterocycles. The van der Waals surface area contributed by atoms with E-state index in [1.54, 1.807) is 0 Å². The number of hydrogen-bond acceptors (Lipinski definition) is 3. The molecule has 0 unspecified atom stereocenters. The molecule has 2 atom stereocenters. The van der Waals surface area contributed by atoms with Crippen molar-refractivity contribution in [2.75, 3.05) is 11.9 Å². The molecular weight excluding hydrogens is 294 g/mol. The maximum Gasteiger partial charge on any atom is 0.126 e. The van der Waals surface area contributed by atoms with Crippen molar-refractivity contribution >= 4 is 5.82 Å². The summed E-state index contributed by atoms with van der Waals surface area (Å²) in [7, 11) is 0. The SMILES string of the molecule is CC[C@H](C)Nc1ccc([C@H]2CCCCN2Cc2ccccc2)cn1. The Bertz CT molecular complexity index is 609. The van der Waals surface area contributed by atoms with E-state index in [1.165, 1.54) is 36.9 Å². The van der Waals surface area contributed by atoms with Gasteiger partial charge < -0.3 is 5.32 Å². The van der Waals surface area contributed by atoms with Crippen molar-refractivity contribution < 1.29 is 0 Å². The zero-order chi connectivity index (χ0) is 16.8. The Labute approximate surface area is 146 Å². The van der Waals surface area contributed by atoms with E-state index in [0.717, 1.165) is 18.8 Å². The molecule has 0 radical (unpaired) electrons. The Balaban J connectivity index is 1.70. The van der Waals surface area contributed by atoms with E-state index in [4.69, 9.17) is 0 Å². The van der Waals surface area contributed by atoms with Gasteiger partial charge in [0.1, 0.15) is 5.82 Å². The number of pyridine rings is 1. The predicted octanol–water partition coefficient (Wildman–Crippen LogP) is 5.02. The van der Waals surface area contributed by atoms with Gasteiger partial charge in [-0.25, -0.2) is 4.98 Å². The molecule has 3 rings (SSSR count). The van der Waals surface area contributed by atoms with E-state index in [1.807, 2.05) is 0 Å². The lowest BCUT2D eigenvalue weighted by molar-refractivity contribution is 0.140. The normalized spacial score (nSPS) is 19.8. The van der Waals surface area contributed by atoms with Crippen molar-refractivity contribution in [2.45, 2.75) is 58.2 Å². The largest absolute Gasteiger partial charge is 0.368 e. The Morgan fingerprint density at radius 2 is 2.00 bits per heavy atom. The second kappa shape index (κ2) is 8.29. The van der Waals surface area contributed by atoms with Gasteiger partial charge in [-0.1, -0.05) is 49.7 Å². The lowest BCUT2D eigenvalue weighted by Gasteiger charge is -2.36. The second-order valence-corrected chi connectivity index (χ2v) is 6.90. The van der Waals surface area contributed by atoms with Gasteiger partial charge in [0, 0.05) is 24.8 Å². The van der Waals surface area contributed by atoms with E-state index in [9.17, 15) is 0 Å². The topological polar surface area (TPSA) is 28.2 Å². The van der Waals surface area contributed by atoms with Gasteiger partial charge in [0.05, 0.1) is 0 Å². The fourth-order valence-corrected chi connectivity index (χ4v) is 3.42. The highest BCUT2D eigenvalue weighted by Gasteiger charge is 2.24. The Morgan fingerprint density at radius 1 is 1.17 bits per heavy atom. The Kier molecular flexibility index (Phi) is 5.86. The number of nitrogens with zero attached hydrogens (tertiary/aromatic N) is 2. The minimum absolute atomic E-state index is 0.465. The van der Waals surface area contributed by atoms with Crippen LogP contribution in [0.1, 0.15) is 56.7 Å². The molecule has 128 valence electrons. The maximum absolute atomic E-state index is 4.65. The van der Waals surface area contributed by atoms with Crippen LogP contribution in [-0.4, -0.2) is 22.5 Å². The van der Waals surface area contributed by atoms with Gasteiger partial charge in [-0.15, -0.1) is 0 Å². The highest BCUT2D eigenvalue weighted by molar-refractivity contribution is 5.37. The van der Waals surface area contributed by atoms with Crippen molar-refractivity contribution in [3.05, 3.63) is 59.8 Å². The zero-order valence-corrected chi connectivity index (χ0v) is 14.9. The molecule has 1 aliphatic heterocycles. The third-order valence-corrected chi connectivity index (χ3v) is 5.02. The molecule has 1 fully saturated rings. The molecule has 3 nitrogen and oxygen atoms in total. The van der Waals surface area contributed by atoms with Gasteiger partial charge in [-0.05, 0) is 49.9 Å². The van der Waals surface area contributed by atoms with Crippen LogP contribution in [0.2, 0.25) is 0 Å². The van der Waals surface area contributed by atoms with Crippen molar-refractivity contribution in [1.82, 2.24) is 9.88 Å². The fraction of sp³-hybridized carbons (Fsp3) is 0.476. The summed E-state index contributed by atoms with van der Waals surface area (Å²) in [5.74, 6) is 0.985. The van der Waals surface area contributed by atoms with E-state index in [0.29, 0.717) is 12.1 Å². The number of piperidine rings is 1. The van der Waals surface area contributed by atoms with E-state index in [-0.39, 0.29) is 0 Å². The fourth-order valence-electron chi connectivity index (χ4n) is 3.42. The molecule has 0 amide bonds. The van der Waals surface area contributed by atoms with Crippen molar-refractivity contribution in [2.24, 2.45) is 0 Å². The molecule has 1 aliphatic rings. The van der Waals surface area contributed by atoms with Crippen LogP contribution in [-0.2, 0) is 6.54 Å². The molecule has 3 heteroatoms. The van der Waals surface area contributed by atoms with Crippen LogP contribution < -0.4 is 5.32 Å². The zero-order valence-electron chi connectivity index (χ0n) is 14.9. The summed E-state index contributed by atoms with van der Waals surface area (Å²) in [6.45, 7) is 6.58. The molecule has 0 bridgehead atoms. The first kappa shape index (κ1) is 17.0. The molecule has 0 saturated carbocycles. The maximum atomic E-state index is 4.65.